The molecule has 0 radical (unpaired) electrons. The van der Waals surface area contributed by atoms with E-state index in [9.17, 15) is 0 Å². The van der Waals surface area contributed by atoms with Crippen LogP contribution in [0.4, 0.5) is 0 Å². The first-order valence-corrected chi connectivity index (χ1v) is 12.5. The molecular weight excluding hydrogens is 368 g/mol. The number of benzene rings is 1. The Morgan fingerprint density at radius 2 is 1.00 bits per heavy atom. The Morgan fingerprint density at radius 3 is 1.41 bits per heavy atom. The molecule has 0 atom stereocenters. The minimum Gasteiger partial charge on any atom is -0.494 e. The zero-order valence-corrected chi connectivity index (χ0v) is 19.3. The van der Waals surface area contributed by atoms with Crippen molar-refractivity contribution in [2.75, 3.05) is 6.61 Å². The van der Waals surface area contributed by atoms with Crippen molar-refractivity contribution in [3.8, 4) is 5.75 Å². The maximum atomic E-state index is 5.93. The molecule has 0 unspecified atom stereocenters. The fraction of sp³-hybridized carbons (Fsp3) is 0.750. The van der Waals surface area contributed by atoms with E-state index in [2.05, 4.69) is 50.4 Å². The van der Waals surface area contributed by atoms with E-state index in [1.807, 2.05) is 0 Å². The molecule has 0 aliphatic heterocycles. The summed E-state index contributed by atoms with van der Waals surface area (Å²) in [5, 5.41) is 0. The molecule has 0 heterocycles. The van der Waals surface area contributed by atoms with Gasteiger partial charge in [0, 0.05) is 11.5 Å². The van der Waals surface area contributed by atoms with E-state index in [-0.39, 0.29) is 0 Å². The van der Waals surface area contributed by atoms with Crippen LogP contribution in [0, 0.1) is 0 Å². The first-order valence-electron chi connectivity index (χ1n) is 11.3. The third-order valence-electron chi connectivity index (χ3n) is 5.16. The highest BCUT2D eigenvalue weighted by Gasteiger charge is 2.01. The molecule has 0 aromatic heterocycles. The zero-order chi connectivity index (χ0) is 19.6. The van der Waals surface area contributed by atoms with Crippen LogP contribution in [0.5, 0.6) is 5.75 Å². The molecule has 0 fully saturated rings. The number of hydrogen-bond acceptors (Lipinski definition) is 3. The Kier molecular flexibility index (Phi) is 16.3. The highest BCUT2D eigenvalue weighted by atomic mass is 32.1. The van der Waals surface area contributed by atoms with Crippen LogP contribution in [0.2, 0.25) is 0 Å². The molecule has 3 heteroatoms. The summed E-state index contributed by atoms with van der Waals surface area (Å²) in [5.41, 5.74) is 2.42. The van der Waals surface area contributed by atoms with Gasteiger partial charge in [-0.1, -0.05) is 96.5 Å². The van der Waals surface area contributed by atoms with Crippen molar-refractivity contribution in [2.24, 2.45) is 0 Å². The molecule has 0 aliphatic carbocycles. The second-order valence-electron chi connectivity index (χ2n) is 7.75. The van der Waals surface area contributed by atoms with Crippen LogP contribution >= 0.6 is 25.3 Å². The van der Waals surface area contributed by atoms with Gasteiger partial charge in [0.15, 0.2) is 0 Å². The topological polar surface area (TPSA) is 9.23 Å². The number of unbranched alkanes of at least 4 members (excludes halogenated alkanes) is 13. The molecule has 0 saturated heterocycles. The maximum absolute atomic E-state index is 5.93. The Bertz CT molecular complexity index is 439. The molecule has 27 heavy (non-hydrogen) atoms. The summed E-state index contributed by atoms with van der Waals surface area (Å²) < 4.78 is 5.93. The van der Waals surface area contributed by atoms with Crippen molar-refractivity contribution in [1.29, 1.82) is 0 Å². The largest absolute Gasteiger partial charge is 0.494 e. The van der Waals surface area contributed by atoms with Crippen LogP contribution in [-0.2, 0) is 11.5 Å². The quantitative estimate of drug-likeness (QED) is 0.182. The Hall–Kier alpha value is -0.280. The molecule has 1 aromatic rings. The number of ether oxygens (including phenoxy) is 1. The average Bonchev–Trinajstić information content (AvgIpc) is 2.70. The van der Waals surface area contributed by atoms with Crippen molar-refractivity contribution >= 4 is 25.3 Å². The summed E-state index contributed by atoms with van der Waals surface area (Å²) in [6, 6.07) is 6.35. The minimum atomic E-state index is 0.747. The van der Waals surface area contributed by atoms with Crippen LogP contribution in [0.1, 0.15) is 108 Å². The van der Waals surface area contributed by atoms with Gasteiger partial charge in [-0.15, -0.1) is 0 Å². The SMILES string of the molecule is CCCCCCCCCCCCCCCCOc1cc(CS)cc(CS)c1. The van der Waals surface area contributed by atoms with E-state index in [0.29, 0.717) is 0 Å². The second kappa shape index (κ2) is 17.8. The average molecular weight is 411 g/mol. The van der Waals surface area contributed by atoms with Gasteiger partial charge in [0.1, 0.15) is 5.75 Å². The molecule has 1 aromatic carbocycles. The van der Waals surface area contributed by atoms with Crippen LogP contribution in [-0.4, -0.2) is 6.61 Å². The summed E-state index contributed by atoms with van der Waals surface area (Å²) in [7, 11) is 0. The summed E-state index contributed by atoms with van der Waals surface area (Å²) in [6.07, 6.45) is 19.4. The Labute approximate surface area is 179 Å². The lowest BCUT2D eigenvalue weighted by Crippen LogP contribution is -1.98. The fourth-order valence-electron chi connectivity index (χ4n) is 3.48. The van der Waals surface area contributed by atoms with E-state index >= 15 is 0 Å². The molecule has 1 nitrogen and oxygen atoms in total. The maximum Gasteiger partial charge on any atom is 0.119 e. The van der Waals surface area contributed by atoms with E-state index in [1.54, 1.807) is 0 Å². The molecule has 1 rings (SSSR count). The van der Waals surface area contributed by atoms with Gasteiger partial charge in [-0.2, -0.15) is 25.3 Å². The number of hydrogen-bond donors (Lipinski definition) is 2. The molecular formula is C24H42OS2. The highest BCUT2D eigenvalue weighted by molar-refractivity contribution is 7.79. The first kappa shape index (κ1) is 24.8. The van der Waals surface area contributed by atoms with Crippen molar-refractivity contribution in [3.05, 3.63) is 29.3 Å². The highest BCUT2D eigenvalue weighted by Crippen LogP contribution is 2.20. The monoisotopic (exact) mass is 410 g/mol. The predicted octanol–water partition coefficient (Wildman–Crippen LogP) is 8.41. The number of rotatable bonds is 18. The molecule has 0 N–H and O–H groups in total. The molecule has 156 valence electrons. The van der Waals surface area contributed by atoms with Crippen molar-refractivity contribution in [3.63, 3.8) is 0 Å². The van der Waals surface area contributed by atoms with Crippen LogP contribution in [0.25, 0.3) is 0 Å². The van der Waals surface area contributed by atoms with Crippen molar-refractivity contribution < 1.29 is 4.74 Å². The third-order valence-corrected chi connectivity index (χ3v) is 5.89. The minimum absolute atomic E-state index is 0.747. The normalized spacial score (nSPS) is 11.1. The van der Waals surface area contributed by atoms with Gasteiger partial charge >= 0.3 is 0 Å². The molecule has 0 aliphatic rings. The van der Waals surface area contributed by atoms with Crippen molar-refractivity contribution in [1.82, 2.24) is 0 Å². The summed E-state index contributed by atoms with van der Waals surface area (Å²) in [4.78, 5) is 0. The van der Waals surface area contributed by atoms with Gasteiger partial charge in [0.2, 0.25) is 0 Å². The predicted molar refractivity (Wildman–Crippen MR) is 128 cm³/mol. The first-order chi connectivity index (χ1) is 13.3. The number of thiol groups is 2. The molecule has 0 saturated carbocycles. The Morgan fingerprint density at radius 1 is 0.593 bits per heavy atom. The zero-order valence-electron chi connectivity index (χ0n) is 17.6. The Balaban J connectivity index is 1.91. The van der Waals surface area contributed by atoms with Crippen molar-refractivity contribution in [2.45, 2.75) is 108 Å². The molecule has 0 bridgehead atoms. The van der Waals surface area contributed by atoms with Gasteiger partial charge in [-0.3, -0.25) is 0 Å². The van der Waals surface area contributed by atoms with Crippen LogP contribution < -0.4 is 4.74 Å². The van der Waals surface area contributed by atoms with Gasteiger partial charge in [-0.25, -0.2) is 0 Å². The lowest BCUT2D eigenvalue weighted by atomic mass is 10.0. The fourth-order valence-corrected chi connectivity index (χ4v) is 3.85. The van der Waals surface area contributed by atoms with Gasteiger partial charge in [-0.05, 0) is 29.7 Å². The van der Waals surface area contributed by atoms with Gasteiger partial charge in [0.25, 0.3) is 0 Å². The lowest BCUT2D eigenvalue weighted by molar-refractivity contribution is 0.304. The lowest BCUT2D eigenvalue weighted by Gasteiger charge is -2.10. The standard InChI is InChI=1S/C24H42OS2/c1-2-3-4-5-6-7-8-9-10-11-12-13-14-15-16-25-24-18-22(20-26)17-23(19-24)21-27/h17-19,26-27H,2-16,20-21H2,1H3. The van der Waals surface area contributed by atoms with Crippen LogP contribution in [0.15, 0.2) is 18.2 Å². The second-order valence-corrected chi connectivity index (χ2v) is 8.38. The molecule has 0 amide bonds. The van der Waals surface area contributed by atoms with E-state index in [0.717, 1.165) is 30.3 Å². The van der Waals surface area contributed by atoms with E-state index < -0.39 is 0 Å². The van der Waals surface area contributed by atoms with Gasteiger partial charge in [0.05, 0.1) is 6.61 Å². The van der Waals surface area contributed by atoms with E-state index in [1.165, 1.54) is 94.6 Å². The third kappa shape index (κ3) is 13.5. The van der Waals surface area contributed by atoms with E-state index in [4.69, 9.17) is 4.74 Å². The van der Waals surface area contributed by atoms with Gasteiger partial charge < -0.3 is 4.74 Å². The summed E-state index contributed by atoms with van der Waals surface area (Å²) >= 11 is 8.73. The molecule has 0 spiro atoms. The smallest absolute Gasteiger partial charge is 0.119 e. The summed E-state index contributed by atoms with van der Waals surface area (Å²) in [6.45, 7) is 3.11. The summed E-state index contributed by atoms with van der Waals surface area (Å²) in [5.74, 6) is 2.47. The van der Waals surface area contributed by atoms with Crippen LogP contribution in [0.3, 0.4) is 0 Å².